The van der Waals surface area contributed by atoms with Gasteiger partial charge in [-0.2, -0.15) is 0 Å². The third-order valence-electron chi connectivity index (χ3n) is 3.51. The lowest BCUT2D eigenvalue weighted by molar-refractivity contribution is 0.0350. The molecule has 0 atom stereocenters. The van der Waals surface area contributed by atoms with Crippen molar-refractivity contribution < 1.29 is 5.11 Å². The molecule has 1 heterocycles. The molecule has 22 heavy (non-hydrogen) atoms. The first-order valence-corrected chi connectivity index (χ1v) is 8.76. The van der Waals surface area contributed by atoms with Crippen LogP contribution in [0.15, 0.2) is 35.7 Å². The Morgan fingerprint density at radius 2 is 1.91 bits per heavy atom. The topological polar surface area (TPSA) is 36.4 Å². The molecule has 1 aromatic carbocycles. The minimum Gasteiger partial charge on any atom is -0.389 e. The number of hydrogen-bond donors (Lipinski definition) is 1. The van der Waals surface area contributed by atoms with E-state index in [9.17, 15) is 5.11 Å². The molecule has 0 unspecified atom stereocenters. The van der Waals surface area contributed by atoms with Crippen LogP contribution in [-0.2, 0) is 19.4 Å². The monoisotopic (exact) mass is 318 g/mol. The fourth-order valence-corrected chi connectivity index (χ4v) is 3.28. The van der Waals surface area contributed by atoms with E-state index in [4.69, 9.17) is 4.98 Å². The first-order valence-electron chi connectivity index (χ1n) is 7.88. The molecule has 1 aromatic heterocycles. The molecule has 0 amide bonds. The second kappa shape index (κ2) is 7.86. The summed E-state index contributed by atoms with van der Waals surface area (Å²) in [5, 5.41) is 13.3. The first-order chi connectivity index (χ1) is 10.5. The largest absolute Gasteiger partial charge is 0.389 e. The van der Waals surface area contributed by atoms with Crippen LogP contribution in [0.4, 0.5) is 0 Å². The molecule has 0 aliphatic heterocycles. The Morgan fingerprint density at radius 1 is 1.18 bits per heavy atom. The minimum atomic E-state index is -0.665. The fraction of sp³-hybridized carbons (Fsp3) is 0.500. The second-order valence-corrected chi connectivity index (χ2v) is 7.28. The molecule has 4 heteroatoms. The smallest absolute Gasteiger partial charge is 0.0932 e. The van der Waals surface area contributed by atoms with Crippen molar-refractivity contribution in [1.82, 2.24) is 9.88 Å². The van der Waals surface area contributed by atoms with Crippen LogP contribution >= 0.6 is 11.3 Å². The van der Waals surface area contributed by atoms with Gasteiger partial charge in [-0.3, -0.25) is 4.90 Å². The molecule has 2 aromatic rings. The molecule has 0 saturated carbocycles. The van der Waals surface area contributed by atoms with Crippen molar-refractivity contribution in [3.8, 4) is 0 Å². The molecular weight excluding hydrogens is 292 g/mol. The first kappa shape index (κ1) is 17.1. The summed E-state index contributed by atoms with van der Waals surface area (Å²) < 4.78 is 0. The summed E-state index contributed by atoms with van der Waals surface area (Å²) in [4.78, 5) is 6.97. The summed E-state index contributed by atoms with van der Waals surface area (Å²) in [6, 6.07) is 10.5. The highest BCUT2D eigenvalue weighted by Gasteiger charge is 2.18. The van der Waals surface area contributed by atoms with Gasteiger partial charge >= 0.3 is 0 Å². The van der Waals surface area contributed by atoms with E-state index in [1.54, 1.807) is 11.3 Å². The third-order valence-corrected chi connectivity index (χ3v) is 4.47. The number of likely N-dealkylation sites (N-methyl/N-ethyl adjacent to an activating group) is 1. The molecule has 1 N–H and O–H groups in total. The summed E-state index contributed by atoms with van der Waals surface area (Å²) in [7, 11) is 0. The van der Waals surface area contributed by atoms with Gasteiger partial charge in [0.15, 0.2) is 0 Å². The van der Waals surface area contributed by atoms with Crippen LogP contribution in [0.3, 0.4) is 0 Å². The van der Waals surface area contributed by atoms with Crippen LogP contribution in [0.5, 0.6) is 0 Å². The zero-order chi connectivity index (χ0) is 16.0. The molecule has 0 radical (unpaired) electrons. The zero-order valence-corrected chi connectivity index (χ0v) is 14.6. The van der Waals surface area contributed by atoms with Crippen molar-refractivity contribution in [2.24, 2.45) is 0 Å². The van der Waals surface area contributed by atoms with Crippen molar-refractivity contribution in [1.29, 1.82) is 0 Å². The predicted molar refractivity (Wildman–Crippen MR) is 93.2 cm³/mol. The summed E-state index contributed by atoms with van der Waals surface area (Å²) in [5.41, 5.74) is 1.80. The number of nitrogens with zero attached hydrogens (tertiary/aromatic N) is 2. The number of aliphatic hydroxyl groups is 1. The number of aromatic nitrogens is 1. The quantitative estimate of drug-likeness (QED) is 0.809. The molecule has 0 aliphatic rings. The van der Waals surface area contributed by atoms with Gasteiger partial charge in [0.2, 0.25) is 0 Å². The molecular formula is C18H26N2OS. The van der Waals surface area contributed by atoms with E-state index < -0.39 is 5.60 Å². The number of rotatable bonds is 8. The summed E-state index contributed by atoms with van der Waals surface area (Å²) in [6.07, 6.45) is 2.03. The van der Waals surface area contributed by atoms with Crippen LogP contribution in [0.25, 0.3) is 0 Å². The van der Waals surface area contributed by atoms with E-state index in [2.05, 4.69) is 41.5 Å². The van der Waals surface area contributed by atoms with Gasteiger partial charge in [-0.15, -0.1) is 11.3 Å². The van der Waals surface area contributed by atoms with Gasteiger partial charge in [0.1, 0.15) is 0 Å². The van der Waals surface area contributed by atoms with Crippen molar-refractivity contribution in [3.63, 3.8) is 0 Å². The number of hydrogen-bond acceptors (Lipinski definition) is 4. The molecule has 0 fully saturated rings. The summed E-state index contributed by atoms with van der Waals surface area (Å²) >= 11 is 1.74. The Morgan fingerprint density at radius 3 is 2.55 bits per heavy atom. The van der Waals surface area contributed by atoms with Crippen LogP contribution in [0.1, 0.15) is 37.0 Å². The molecule has 120 valence electrons. The van der Waals surface area contributed by atoms with E-state index in [0.717, 1.165) is 31.6 Å². The lowest BCUT2D eigenvalue weighted by Crippen LogP contribution is -2.38. The molecule has 0 bridgehead atoms. The predicted octanol–water partition coefficient (Wildman–Crippen LogP) is 3.52. The zero-order valence-electron chi connectivity index (χ0n) is 13.7. The van der Waals surface area contributed by atoms with E-state index >= 15 is 0 Å². The van der Waals surface area contributed by atoms with Crippen LogP contribution in [-0.4, -0.2) is 33.7 Å². The third kappa shape index (κ3) is 5.87. The van der Waals surface area contributed by atoms with E-state index in [-0.39, 0.29) is 0 Å². The molecule has 0 saturated heterocycles. The SMILES string of the molecule is CCN(Cc1csc(CCc2ccccc2)n1)CC(C)(C)O. The molecule has 0 aliphatic carbocycles. The van der Waals surface area contributed by atoms with E-state index in [1.807, 2.05) is 19.9 Å². The maximum atomic E-state index is 9.95. The average molecular weight is 318 g/mol. The standard InChI is InChI=1S/C18H26N2OS/c1-4-20(14-18(2,3)21)12-16-13-22-17(19-16)11-10-15-8-6-5-7-9-15/h5-9,13,21H,4,10-12,14H2,1-3H3. The number of benzene rings is 1. The Labute approximate surface area is 137 Å². The maximum Gasteiger partial charge on any atom is 0.0932 e. The molecule has 2 rings (SSSR count). The minimum absolute atomic E-state index is 0.665. The van der Waals surface area contributed by atoms with Gasteiger partial charge in [-0.1, -0.05) is 37.3 Å². The lowest BCUT2D eigenvalue weighted by Gasteiger charge is -2.27. The Bertz CT molecular complexity index is 560. The van der Waals surface area contributed by atoms with Crippen LogP contribution in [0, 0.1) is 0 Å². The highest BCUT2D eigenvalue weighted by atomic mass is 32.1. The maximum absolute atomic E-state index is 9.95. The van der Waals surface area contributed by atoms with Gasteiger partial charge in [0, 0.05) is 24.9 Å². The van der Waals surface area contributed by atoms with Gasteiger partial charge in [0.25, 0.3) is 0 Å². The van der Waals surface area contributed by atoms with Crippen LogP contribution < -0.4 is 0 Å². The Kier molecular flexibility index (Phi) is 6.12. The fourth-order valence-electron chi connectivity index (χ4n) is 2.49. The van der Waals surface area contributed by atoms with E-state index in [0.29, 0.717) is 6.54 Å². The van der Waals surface area contributed by atoms with Crippen molar-refractivity contribution >= 4 is 11.3 Å². The highest BCUT2D eigenvalue weighted by Crippen LogP contribution is 2.16. The lowest BCUT2D eigenvalue weighted by atomic mass is 10.1. The summed E-state index contributed by atoms with van der Waals surface area (Å²) in [5.74, 6) is 0. The second-order valence-electron chi connectivity index (χ2n) is 6.33. The Hall–Kier alpha value is -1.23. The average Bonchev–Trinajstić information content (AvgIpc) is 2.91. The Balaban J connectivity index is 1.88. The normalized spacial score (nSPS) is 12.0. The van der Waals surface area contributed by atoms with Crippen molar-refractivity contribution in [2.75, 3.05) is 13.1 Å². The van der Waals surface area contributed by atoms with E-state index in [1.165, 1.54) is 10.6 Å². The van der Waals surface area contributed by atoms with Gasteiger partial charge < -0.3 is 5.11 Å². The van der Waals surface area contributed by atoms with Crippen molar-refractivity contribution in [2.45, 2.75) is 45.8 Å². The molecule has 0 spiro atoms. The highest BCUT2D eigenvalue weighted by molar-refractivity contribution is 7.09. The van der Waals surface area contributed by atoms with Gasteiger partial charge in [-0.25, -0.2) is 4.98 Å². The number of thiazole rings is 1. The van der Waals surface area contributed by atoms with Crippen LogP contribution in [0.2, 0.25) is 0 Å². The van der Waals surface area contributed by atoms with Gasteiger partial charge in [-0.05, 0) is 32.4 Å². The van der Waals surface area contributed by atoms with Crippen molar-refractivity contribution in [3.05, 3.63) is 52.0 Å². The summed E-state index contributed by atoms with van der Waals surface area (Å²) in [6.45, 7) is 8.21. The van der Waals surface area contributed by atoms with Gasteiger partial charge in [0.05, 0.1) is 16.3 Å². The number of aryl methyl sites for hydroxylation is 2. The molecule has 3 nitrogen and oxygen atoms in total.